The molecule has 0 fully saturated rings. The van der Waals surface area contributed by atoms with Gasteiger partial charge in [0.1, 0.15) is 0 Å². The highest BCUT2D eigenvalue weighted by atomic mass is 79.9. The second-order valence-electron chi connectivity index (χ2n) is 2.03. The molecule has 1 rings (SSSR count). The normalized spacial score (nSPS) is 8.08. The lowest BCUT2D eigenvalue weighted by Crippen LogP contribution is -1.82. The molecule has 66 valence electrons. The molecule has 1 N–H and O–H groups in total. The molecule has 0 aliphatic carbocycles. The van der Waals surface area contributed by atoms with E-state index in [2.05, 4.69) is 40.2 Å². The number of benzene rings is 1. The van der Waals surface area contributed by atoms with E-state index in [0.717, 1.165) is 11.8 Å². The molecule has 1 aromatic rings. The molecular weight excluding hydrogens is 220 g/mol. The number of hydrogen-bond donors (Lipinski definition) is 1. The molecule has 0 aromatic heterocycles. The fourth-order valence-electron chi connectivity index (χ4n) is 0.754. The molecule has 0 saturated carbocycles. The van der Waals surface area contributed by atoms with E-state index in [0.29, 0.717) is 0 Å². The van der Waals surface area contributed by atoms with Crippen molar-refractivity contribution in [3.63, 3.8) is 0 Å². The maximum absolute atomic E-state index is 8.36. The molecule has 2 nitrogen and oxygen atoms in total. The van der Waals surface area contributed by atoms with Crippen LogP contribution in [0, 0.1) is 0 Å². The van der Waals surface area contributed by atoms with E-state index in [1.807, 2.05) is 6.07 Å². The lowest BCUT2D eigenvalue weighted by Gasteiger charge is -1.92. The molecule has 0 bridgehead atoms. The second kappa shape index (κ2) is 8.27. The minimum absolute atomic E-state index is 0.250. The molecule has 0 atom stereocenters. The van der Waals surface area contributed by atoms with Gasteiger partial charge in [0, 0.05) is 5.33 Å². The third kappa shape index (κ3) is 5.92. The minimum atomic E-state index is -0.250. The molecule has 0 spiro atoms. The van der Waals surface area contributed by atoms with Crippen LogP contribution in [0.2, 0.25) is 0 Å². The lowest BCUT2D eigenvalue weighted by molar-refractivity contribution is -0.122. The fraction of sp³-hybridized carbons (Fsp3) is 0.222. The van der Waals surface area contributed by atoms with Gasteiger partial charge >= 0.3 is 0 Å². The van der Waals surface area contributed by atoms with Gasteiger partial charge in [0.15, 0.2) is 0 Å². The van der Waals surface area contributed by atoms with Gasteiger partial charge in [-0.25, -0.2) is 0 Å². The highest BCUT2D eigenvalue weighted by Crippen LogP contribution is 2.00. The summed E-state index contributed by atoms with van der Waals surface area (Å²) >= 11 is 3.39. The van der Waals surface area contributed by atoms with Gasteiger partial charge in [-0.1, -0.05) is 46.3 Å². The maximum Gasteiger partial charge on any atom is 0.290 e. The zero-order valence-electron chi connectivity index (χ0n) is 6.61. The summed E-state index contributed by atoms with van der Waals surface area (Å²) in [4.78, 5) is 8.36. The maximum atomic E-state index is 8.36. The Morgan fingerprint density at radius 1 is 1.33 bits per heavy atom. The molecule has 0 aliphatic heterocycles. The van der Waals surface area contributed by atoms with Crippen molar-refractivity contribution in [3.05, 3.63) is 35.9 Å². The van der Waals surface area contributed by atoms with Gasteiger partial charge in [0.2, 0.25) is 0 Å². The molecule has 0 radical (unpaired) electrons. The van der Waals surface area contributed by atoms with Crippen LogP contribution in [0.25, 0.3) is 0 Å². The van der Waals surface area contributed by atoms with E-state index < -0.39 is 0 Å². The van der Waals surface area contributed by atoms with Crippen molar-refractivity contribution < 1.29 is 9.90 Å². The average Bonchev–Trinajstić information content (AvgIpc) is 2.08. The van der Waals surface area contributed by atoms with Gasteiger partial charge in [-0.05, 0) is 12.0 Å². The summed E-state index contributed by atoms with van der Waals surface area (Å²) in [7, 11) is 0. The van der Waals surface area contributed by atoms with E-state index in [9.17, 15) is 0 Å². The van der Waals surface area contributed by atoms with Gasteiger partial charge < -0.3 is 5.11 Å². The van der Waals surface area contributed by atoms with Crippen LogP contribution in [0.1, 0.15) is 5.56 Å². The highest BCUT2D eigenvalue weighted by Gasteiger charge is 1.85. The summed E-state index contributed by atoms with van der Waals surface area (Å²) in [6, 6.07) is 10.5. The van der Waals surface area contributed by atoms with Crippen LogP contribution in [0.15, 0.2) is 30.3 Å². The first-order valence-electron chi connectivity index (χ1n) is 3.53. The lowest BCUT2D eigenvalue weighted by atomic mass is 10.2. The molecule has 3 heteroatoms. The Morgan fingerprint density at radius 3 is 2.25 bits per heavy atom. The van der Waals surface area contributed by atoms with Gasteiger partial charge in [-0.3, -0.25) is 4.79 Å². The topological polar surface area (TPSA) is 37.3 Å². The van der Waals surface area contributed by atoms with Crippen molar-refractivity contribution in [1.29, 1.82) is 0 Å². The first kappa shape index (κ1) is 11.2. The van der Waals surface area contributed by atoms with E-state index in [1.54, 1.807) is 0 Å². The molecule has 0 unspecified atom stereocenters. The van der Waals surface area contributed by atoms with Crippen LogP contribution in [0.3, 0.4) is 0 Å². The monoisotopic (exact) mass is 230 g/mol. The van der Waals surface area contributed by atoms with Crippen molar-refractivity contribution in [3.8, 4) is 0 Å². The predicted octanol–water partition coefficient (Wildman–Crippen LogP) is 2.32. The number of rotatable bonds is 2. The summed E-state index contributed by atoms with van der Waals surface area (Å²) in [5, 5.41) is 7.94. The van der Waals surface area contributed by atoms with Gasteiger partial charge in [0.25, 0.3) is 6.47 Å². The largest absolute Gasteiger partial charge is 0.483 e. The third-order valence-corrected chi connectivity index (χ3v) is 1.62. The summed E-state index contributed by atoms with van der Waals surface area (Å²) < 4.78 is 0. The Hall–Kier alpha value is -0.830. The van der Waals surface area contributed by atoms with Gasteiger partial charge in [0.05, 0.1) is 0 Å². The number of carbonyl (C=O) groups is 1. The third-order valence-electron chi connectivity index (χ3n) is 1.23. The smallest absolute Gasteiger partial charge is 0.290 e. The Labute approximate surface area is 80.4 Å². The molecule has 0 aliphatic rings. The van der Waals surface area contributed by atoms with Crippen molar-refractivity contribution in [2.45, 2.75) is 6.42 Å². The molecule has 0 saturated heterocycles. The molecule has 0 heterocycles. The second-order valence-corrected chi connectivity index (χ2v) is 2.82. The highest BCUT2D eigenvalue weighted by molar-refractivity contribution is 9.09. The van der Waals surface area contributed by atoms with Crippen LogP contribution < -0.4 is 0 Å². The number of hydrogen-bond acceptors (Lipinski definition) is 1. The first-order valence-corrected chi connectivity index (χ1v) is 4.65. The molecule has 12 heavy (non-hydrogen) atoms. The quantitative estimate of drug-likeness (QED) is 0.626. The standard InChI is InChI=1S/C8H9Br.CH2O2/c9-7-6-8-4-2-1-3-5-8;2-1-3/h1-5H,6-7H2;1H,(H,2,3). The number of carboxylic acid groups (broad SMARTS) is 1. The predicted molar refractivity (Wildman–Crippen MR) is 52.6 cm³/mol. The van der Waals surface area contributed by atoms with E-state index in [1.165, 1.54) is 5.56 Å². The van der Waals surface area contributed by atoms with Crippen LogP contribution in [0.5, 0.6) is 0 Å². The van der Waals surface area contributed by atoms with E-state index >= 15 is 0 Å². The zero-order chi connectivity index (χ0) is 9.23. The zero-order valence-corrected chi connectivity index (χ0v) is 8.20. The SMILES string of the molecule is BrCCc1ccccc1.O=CO. The van der Waals surface area contributed by atoms with Crippen LogP contribution in [0.4, 0.5) is 0 Å². The Kier molecular flexibility index (Phi) is 7.70. The summed E-state index contributed by atoms with van der Waals surface area (Å²) in [5.41, 5.74) is 1.40. The minimum Gasteiger partial charge on any atom is -0.483 e. The van der Waals surface area contributed by atoms with E-state index in [-0.39, 0.29) is 6.47 Å². The van der Waals surface area contributed by atoms with Gasteiger partial charge in [-0.15, -0.1) is 0 Å². The van der Waals surface area contributed by atoms with Crippen LogP contribution >= 0.6 is 15.9 Å². The molecule has 0 amide bonds. The van der Waals surface area contributed by atoms with E-state index in [4.69, 9.17) is 9.90 Å². The Morgan fingerprint density at radius 2 is 1.83 bits per heavy atom. The summed E-state index contributed by atoms with van der Waals surface area (Å²) in [6.45, 7) is -0.250. The van der Waals surface area contributed by atoms with Crippen molar-refractivity contribution in [2.75, 3.05) is 5.33 Å². The number of aryl methyl sites for hydroxylation is 1. The number of halogens is 1. The van der Waals surface area contributed by atoms with Crippen molar-refractivity contribution in [1.82, 2.24) is 0 Å². The van der Waals surface area contributed by atoms with Gasteiger partial charge in [-0.2, -0.15) is 0 Å². The fourth-order valence-corrected chi connectivity index (χ4v) is 1.21. The van der Waals surface area contributed by atoms with Crippen LogP contribution in [-0.2, 0) is 11.2 Å². The Balaban J connectivity index is 0.000000354. The summed E-state index contributed by atoms with van der Waals surface area (Å²) in [5.74, 6) is 0. The van der Waals surface area contributed by atoms with Crippen molar-refractivity contribution in [2.24, 2.45) is 0 Å². The average molecular weight is 231 g/mol. The first-order chi connectivity index (χ1) is 5.85. The Bertz CT molecular complexity index is 199. The van der Waals surface area contributed by atoms with Crippen LogP contribution in [-0.4, -0.2) is 16.9 Å². The molecule has 1 aromatic carbocycles. The molecular formula is C9H11BrO2. The summed E-state index contributed by atoms with van der Waals surface area (Å²) in [6.07, 6.45) is 1.13. The number of alkyl halides is 1. The van der Waals surface area contributed by atoms with Crippen molar-refractivity contribution >= 4 is 22.4 Å².